The van der Waals surface area contributed by atoms with E-state index in [1.165, 1.54) is 22.0 Å². The van der Waals surface area contributed by atoms with Gasteiger partial charge in [0.1, 0.15) is 0 Å². The number of aromatic amines is 1. The molecular weight excluding hydrogens is 252 g/mol. The number of fused-ring (bicyclic) bond motifs is 2. The number of nitrogens with one attached hydrogen (secondary N) is 1. The maximum Gasteiger partial charge on any atom is 0.307 e. The Bertz CT molecular complexity index is 691. The van der Waals surface area contributed by atoms with Gasteiger partial charge in [-0.15, -0.1) is 0 Å². The maximum absolute atomic E-state index is 11.4. The molecule has 4 rings (SSSR count). The molecule has 20 heavy (non-hydrogen) atoms. The molecule has 2 aliphatic rings. The van der Waals surface area contributed by atoms with Crippen LogP contribution in [0, 0.1) is 5.92 Å². The fourth-order valence-electron chi connectivity index (χ4n) is 4.12. The number of hydrogen-bond donors (Lipinski definition) is 2. The predicted octanol–water partition coefficient (Wildman–Crippen LogP) is 2.21. The molecule has 3 atom stereocenters. The molecule has 2 N–H and O–H groups in total. The minimum Gasteiger partial charge on any atom is -0.481 e. The smallest absolute Gasteiger partial charge is 0.307 e. The number of H-pyrrole nitrogens is 1. The number of likely N-dealkylation sites (tertiary alicyclic amines) is 1. The first-order chi connectivity index (χ1) is 9.65. The second kappa shape index (κ2) is 4.09. The molecule has 1 fully saturated rings. The first-order valence-electron chi connectivity index (χ1n) is 7.17. The van der Waals surface area contributed by atoms with Crippen LogP contribution < -0.4 is 0 Å². The summed E-state index contributed by atoms with van der Waals surface area (Å²) in [6.07, 6.45) is 3.89. The Morgan fingerprint density at radius 3 is 3.10 bits per heavy atom. The summed E-state index contributed by atoms with van der Waals surface area (Å²) in [5.41, 5.74) is 3.88. The largest absolute Gasteiger partial charge is 0.481 e. The third kappa shape index (κ3) is 1.54. The Kier molecular flexibility index (Phi) is 2.45. The van der Waals surface area contributed by atoms with Crippen molar-refractivity contribution < 1.29 is 9.90 Å². The van der Waals surface area contributed by atoms with E-state index in [9.17, 15) is 9.90 Å². The summed E-state index contributed by atoms with van der Waals surface area (Å²) in [5.74, 6) is -0.582. The molecule has 0 bridgehead atoms. The SMILES string of the molecule is CN1C[C@H](C(=O)O)CC2c3cccc4[nH]cc(c34)C[C@H]21. The predicted molar refractivity (Wildman–Crippen MR) is 76.9 cm³/mol. The van der Waals surface area contributed by atoms with Gasteiger partial charge in [-0.3, -0.25) is 4.79 Å². The Balaban J connectivity index is 1.85. The fraction of sp³-hybridized carbons (Fsp3) is 0.438. The van der Waals surface area contributed by atoms with Gasteiger partial charge in [-0.05, 0) is 37.1 Å². The van der Waals surface area contributed by atoms with Crippen molar-refractivity contribution in [1.29, 1.82) is 0 Å². The quantitative estimate of drug-likeness (QED) is 0.835. The minimum absolute atomic E-state index is 0.253. The lowest BCUT2D eigenvalue weighted by molar-refractivity contribution is -0.144. The highest BCUT2D eigenvalue weighted by Gasteiger charge is 2.41. The van der Waals surface area contributed by atoms with Crippen molar-refractivity contribution >= 4 is 16.9 Å². The van der Waals surface area contributed by atoms with E-state index in [0.717, 1.165) is 12.8 Å². The lowest BCUT2D eigenvalue weighted by Gasteiger charge is -2.44. The van der Waals surface area contributed by atoms with Crippen molar-refractivity contribution in [2.75, 3.05) is 13.6 Å². The molecule has 104 valence electrons. The van der Waals surface area contributed by atoms with Crippen LogP contribution in [-0.2, 0) is 11.2 Å². The zero-order valence-corrected chi connectivity index (χ0v) is 11.5. The van der Waals surface area contributed by atoms with Crippen molar-refractivity contribution in [3.63, 3.8) is 0 Å². The number of rotatable bonds is 1. The van der Waals surface area contributed by atoms with E-state index >= 15 is 0 Å². The van der Waals surface area contributed by atoms with E-state index in [1.807, 2.05) is 0 Å². The Morgan fingerprint density at radius 1 is 1.45 bits per heavy atom. The van der Waals surface area contributed by atoms with Crippen LogP contribution in [0.5, 0.6) is 0 Å². The van der Waals surface area contributed by atoms with Gasteiger partial charge in [0.15, 0.2) is 0 Å². The van der Waals surface area contributed by atoms with Crippen LogP contribution in [0.15, 0.2) is 24.4 Å². The number of aromatic nitrogens is 1. The number of carboxylic acids is 1. The molecule has 0 amide bonds. The molecule has 4 heteroatoms. The van der Waals surface area contributed by atoms with Gasteiger partial charge in [-0.2, -0.15) is 0 Å². The summed E-state index contributed by atoms with van der Waals surface area (Å²) in [5, 5.41) is 10.7. The van der Waals surface area contributed by atoms with Gasteiger partial charge < -0.3 is 15.0 Å². The second-order valence-corrected chi connectivity index (χ2v) is 6.17. The summed E-state index contributed by atoms with van der Waals surface area (Å²) in [7, 11) is 2.06. The Labute approximate surface area is 117 Å². The second-order valence-electron chi connectivity index (χ2n) is 6.17. The molecule has 2 heterocycles. The number of likely N-dealkylation sites (N-methyl/N-ethyl adjacent to an activating group) is 1. The Morgan fingerprint density at radius 2 is 2.30 bits per heavy atom. The number of hydrogen-bond acceptors (Lipinski definition) is 2. The summed E-state index contributed by atoms with van der Waals surface area (Å²) in [6, 6.07) is 6.78. The lowest BCUT2D eigenvalue weighted by Crippen LogP contribution is -2.49. The van der Waals surface area contributed by atoms with Gasteiger partial charge in [-0.1, -0.05) is 12.1 Å². The molecule has 4 nitrogen and oxygen atoms in total. The van der Waals surface area contributed by atoms with Gasteiger partial charge in [0.2, 0.25) is 0 Å². The van der Waals surface area contributed by atoms with E-state index in [0.29, 0.717) is 18.5 Å². The van der Waals surface area contributed by atoms with Crippen LogP contribution >= 0.6 is 0 Å². The number of aliphatic carboxylic acids is 1. The van der Waals surface area contributed by atoms with Crippen molar-refractivity contribution in [3.8, 4) is 0 Å². The number of benzene rings is 1. The van der Waals surface area contributed by atoms with Crippen LogP contribution in [0.4, 0.5) is 0 Å². The van der Waals surface area contributed by atoms with Crippen LogP contribution in [0.3, 0.4) is 0 Å². The minimum atomic E-state index is -0.664. The summed E-state index contributed by atoms with van der Waals surface area (Å²) in [6.45, 7) is 0.659. The normalized spacial score (nSPS) is 29.4. The molecule has 1 aromatic carbocycles. The molecule has 2 aromatic rings. The van der Waals surface area contributed by atoms with E-state index in [1.54, 1.807) is 0 Å². The summed E-state index contributed by atoms with van der Waals surface area (Å²) in [4.78, 5) is 17.0. The molecular formula is C16H18N2O2. The van der Waals surface area contributed by atoms with E-state index in [2.05, 4.69) is 41.3 Å². The average molecular weight is 270 g/mol. The van der Waals surface area contributed by atoms with E-state index in [-0.39, 0.29) is 5.92 Å². The number of carboxylic acid groups (broad SMARTS) is 1. The van der Waals surface area contributed by atoms with Crippen molar-refractivity contribution in [2.24, 2.45) is 5.92 Å². The molecule has 1 saturated heterocycles. The average Bonchev–Trinajstić information content (AvgIpc) is 2.84. The number of nitrogens with zero attached hydrogens (tertiary/aromatic N) is 1. The van der Waals surface area contributed by atoms with Gasteiger partial charge in [0.25, 0.3) is 0 Å². The number of piperidine rings is 1. The third-order valence-corrected chi connectivity index (χ3v) is 5.07. The molecule has 1 aliphatic heterocycles. The van der Waals surface area contributed by atoms with Crippen LogP contribution in [-0.4, -0.2) is 40.6 Å². The van der Waals surface area contributed by atoms with Crippen LogP contribution in [0.2, 0.25) is 0 Å². The monoisotopic (exact) mass is 270 g/mol. The molecule has 1 aliphatic carbocycles. The van der Waals surface area contributed by atoms with Crippen LogP contribution in [0.25, 0.3) is 10.9 Å². The topological polar surface area (TPSA) is 56.3 Å². The van der Waals surface area contributed by atoms with E-state index < -0.39 is 5.97 Å². The highest BCUT2D eigenvalue weighted by Crippen LogP contribution is 2.44. The summed E-state index contributed by atoms with van der Waals surface area (Å²) < 4.78 is 0. The summed E-state index contributed by atoms with van der Waals surface area (Å²) >= 11 is 0. The molecule has 0 radical (unpaired) electrons. The Hall–Kier alpha value is -1.81. The maximum atomic E-state index is 11.4. The lowest BCUT2D eigenvalue weighted by atomic mass is 9.72. The third-order valence-electron chi connectivity index (χ3n) is 5.07. The molecule has 0 spiro atoms. The van der Waals surface area contributed by atoms with Gasteiger partial charge in [0, 0.05) is 35.6 Å². The first kappa shape index (κ1) is 12.0. The van der Waals surface area contributed by atoms with Crippen molar-refractivity contribution in [3.05, 3.63) is 35.5 Å². The zero-order valence-electron chi connectivity index (χ0n) is 11.5. The van der Waals surface area contributed by atoms with Gasteiger partial charge in [0.05, 0.1) is 5.92 Å². The van der Waals surface area contributed by atoms with Crippen LogP contribution in [0.1, 0.15) is 23.5 Å². The zero-order chi connectivity index (χ0) is 13.9. The van der Waals surface area contributed by atoms with E-state index in [4.69, 9.17) is 0 Å². The fourth-order valence-corrected chi connectivity index (χ4v) is 4.12. The first-order valence-corrected chi connectivity index (χ1v) is 7.17. The number of carbonyl (C=O) groups is 1. The van der Waals surface area contributed by atoms with Crippen molar-refractivity contribution in [1.82, 2.24) is 9.88 Å². The molecule has 1 aromatic heterocycles. The van der Waals surface area contributed by atoms with Gasteiger partial charge in [-0.25, -0.2) is 0 Å². The highest BCUT2D eigenvalue weighted by atomic mass is 16.4. The molecule has 0 saturated carbocycles. The van der Waals surface area contributed by atoms with Crippen molar-refractivity contribution in [2.45, 2.75) is 24.8 Å². The highest BCUT2D eigenvalue weighted by molar-refractivity contribution is 5.88. The van der Waals surface area contributed by atoms with Gasteiger partial charge >= 0.3 is 5.97 Å². The molecule has 1 unspecified atom stereocenters. The standard InChI is InChI=1S/C16H18N2O2/c1-18-8-10(16(19)20)5-12-11-3-2-4-13-15(11)9(7-17-13)6-14(12)18/h2-4,7,10,12,14,17H,5-6,8H2,1H3,(H,19,20)/t10-,12?,14-/m1/s1.